The molecule has 1 aromatic rings. The fourth-order valence-electron chi connectivity index (χ4n) is 1.56. The van der Waals surface area contributed by atoms with Gasteiger partial charge in [0.25, 0.3) is 5.67 Å². The van der Waals surface area contributed by atoms with Crippen LogP contribution in [0.3, 0.4) is 0 Å². The summed E-state index contributed by atoms with van der Waals surface area (Å²) >= 11 is 0. The molecule has 0 saturated carbocycles. The summed E-state index contributed by atoms with van der Waals surface area (Å²) in [6.45, 7) is 0. The quantitative estimate of drug-likeness (QED) is 0.633. The number of benzene rings is 1. The molecule has 2 atom stereocenters. The van der Waals surface area contributed by atoms with Crippen molar-refractivity contribution in [2.75, 3.05) is 0 Å². The first-order chi connectivity index (χ1) is 6.61. The molecule has 2 nitrogen and oxygen atoms in total. The third kappa shape index (κ3) is 0.841. The molecule has 4 heteroatoms. The first-order valence-electron chi connectivity index (χ1n) is 3.99. The van der Waals surface area contributed by atoms with Gasteiger partial charge in [0, 0.05) is 11.1 Å². The van der Waals surface area contributed by atoms with E-state index in [1.165, 1.54) is 24.3 Å². The van der Waals surface area contributed by atoms with Crippen molar-refractivity contribution in [3.8, 4) is 6.07 Å². The maximum atomic E-state index is 13.5. The smallest absolute Gasteiger partial charge is 0.289 e. The summed E-state index contributed by atoms with van der Waals surface area (Å²) in [5, 5.41) is 8.45. The monoisotopic (exact) mass is 193 g/mol. The van der Waals surface area contributed by atoms with Gasteiger partial charge in [0.05, 0.1) is 0 Å². The van der Waals surface area contributed by atoms with Crippen LogP contribution in [0.25, 0.3) is 0 Å². The summed E-state index contributed by atoms with van der Waals surface area (Å²) in [5.41, 5.74) is -3.12. The van der Waals surface area contributed by atoms with Crippen molar-refractivity contribution in [1.29, 1.82) is 5.26 Å². The summed E-state index contributed by atoms with van der Waals surface area (Å²) in [6, 6.07) is 6.74. The molecule has 0 bridgehead atoms. The molecular weight excluding hydrogens is 188 g/mol. The number of halogens is 2. The number of carbonyl (C=O) groups excluding carboxylic acids is 1. The van der Waals surface area contributed by atoms with Gasteiger partial charge < -0.3 is 0 Å². The third-order valence-electron chi connectivity index (χ3n) is 2.32. The van der Waals surface area contributed by atoms with Crippen molar-refractivity contribution in [3.05, 3.63) is 35.4 Å². The van der Waals surface area contributed by atoms with Gasteiger partial charge in [0.2, 0.25) is 5.78 Å². The fraction of sp³-hybridized carbons (Fsp3) is 0.200. The predicted octanol–water partition coefficient (Wildman–Crippen LogP) is 2.13. The number of hydrogen-bond acceptors (Lipinski definition) is 2. The van der Waals surface area contributed by atoms with Gasteiger partial charge >= 0.3 is 0 Å². The Balaban J connectivity index is 2.67. The molecule has 0 spiro atoms. The molecule has 0 amide bonds. The SMILES string of the molecule is N#CC1(F)C(=O)c2ccccc2C1F. The maximum Gasteiger partial charge on any atom is 0.292 e. The van der Waals surface area contributed by atoms with E-state index in [-0.39, 0.29) is 11.1 Å². The van der Waals surface area contributed by atoms with Crippen LogP contribution in [0.15, 0.2) is 24.3 Å². The number of carbonyl (C=O) groups is 1. The summed E-state index contributed by atoms with van der Waals surface area (Å²) < 4.78 is 26.9. The van der Waals surface area contributed by atoms with Crippen LogP contribution < -0.4 is 0 Å². The molecule has 14 heavy (non-hydrogen) atoms. The molecule has 1 aliphatic carbocycles. The molecule has 0 aliphatic heterocycles. The van der Waals surface area contributed by atoms with Crippen LogP contribution in [0, 0.1) is 11.3 Å². The first-order valence-corrected chi connectivity index (χ1v) is 3.99. The molecule has 0 heterocycles. The van der Waals surface area contributed by atoms with E-state index in [0.29, 0.717) is 0 Å². The van der Waals surface area contributed by atoms with Crippen molar-refractivity contribution in [2.24, 2.45) is 0 Å². The van der Waals surface area contributed by atoms with Crippen molar-refractivity contribution < 1.29 is 13.6 Å². The molecule has 1 aliphatic rings. The Bertz CT molecular complexity index is 452. The van der Waals surface area contributed by atoms with Crippen molar-refractivity contribution in [1.82, 2.24) is 0 Å². The zero-order chi connectivity index (χ0) is 10.3. The highest BCUT2D eigenvalue weighted by atomic mass is 19.2. The molecule has 1 aromatic carbocycles. The molecular formula is C10H5F2NO. The van der Waals surface area contributed by atoms with Gasteiger partial charge in [-0.2, -0.15) is 5.26 Å². The lowest BCUT2D eigenvalue weighted by atomic mass is 10.0. The van der Waals surface area contributed by atoms with Gasteiger partial charge in [0.1, 0.15) is 6.07 Å². The van der Waals surface area contributed by atoms with Crippen LogP contribution >= 0.6 is 0 Å². The van der Waals surface area contributed by atoms with Crippen LogP contribution in [-0.2, 0) is 0 Å². The van der Waals surface area contributed by atoms with E-state index in [1.807, 2.05) is 0 Å². The van der Waals surface area contributed by atoms with Crippen LogP contribution in [0.2, 0.25) is 0 Å². The number of nitrogens with zero attached hydrogens (tertiary/aromatic N) is 1. The second-order valence-electron chi connectivity index (χ2n) is 3.10. The zero-order valence-electron chi connectivity index (χ0n) is 7.00. The Kier molecular flexibility index (Phi) is 1.65. The van der Waals surface area contributed by atoms with Gasteiger partial charge in [0.15, 0.2) is 6.17 Å². The fourth-order valence-corrected chi connectivity index (χ4v) is 1.56. The van der Waals surface area contributed by atoms with Crippen molar-refractivity contribution >= 4 is 5.78 Å². The van der Waals surface area contributed by atoms with Crippen LogP contribution in [0.5, 0.6) is 0 Å². The van der Waals surface area contributed by atoms with E-state index in [4.69, 9.17) is 5.26 Å². The molecule has 2 rings (SSSR count). The van der Waals surface area contributed by atoms with E-state index in [9.17, 15) is 13.6 Å². The number of rotatable bonds is 0. The molecule has 0 N–H and O–H groups in total. The van der Waals surface area contributed by atoms with Crippen LogP contribution in [0.4, 0.5) is 8.78 Å². The number of fused-ring (bicyclic) bond motifs is 1. The Morgan fingerprint density at radius 1 is 1.43 bits per heavy atom. The minimum atomic E-state index is -3.04. The lowest BCUT2D eigenvalue weighted by Gasteiger charge is -2.10. The summed E-state index contributed by atoms with van der Waals surface area (Å²) in [6.07, 6.45) is -2.17. The average molecular weight is 193 g/mol. The van der Waals surface area contributed by atoms with Crippen LogP contribution in [0.1, 0.15) is 22.1 Å². The molecule has 0 fully saturated rings. The molecule has 2 unspecified atom stereocenters. The number of hydrogen-bond donors (Lipinski definition) is 0. The summed E-state index contributed by atoms with van der Waals surface area (Å²) in [7, 11) is 0. The highest BCUT2D eigenvalue weighted by Gasteiger charge is 2.55. The normalized spacial score (nSPS) is 29.8. The minimum Gasteiger partial charge on any atom is -0.289 e. The molecule has 0 radical (unpaired) electrons. The Labute approximate surface area is 78.8 Å². The number of alkyl halides is 2. The number of nitriles is 1. The molecule has 0 saturated heterocycles. The lowest BCUT2D eigenvalue weighted by Crippen LogP contribution is -2.30. The standard InChI is InChI=1S/C10H5F2NO/c11-8-6-3-1-2-4-7(6)9(14)10(8,12)5-13/h1-4,8H. The third-order valence-corrected chi connectivity index (χ3v) is 2.32. The van der Waals surface area contributed by atoms with E-state index in [2.05, 4.69) is 0 Å². The van der Waals surface area contributed by atoms with Gasteiger partial charge in [-0.1, -0.05) is 24.3 Å². The van der Waals surface area contributed by atoms with Crippen molar-refractivity contribution in [3.63, 3.8) is 0 Å². The minimum absolute atomic E-state index is 0.0379. The predicted molar refractivity (Wildman–Crippen MR) is 44.1 cm³/mol. The van der Waals surface area contributed by atoms with Gasteiger partial charge in [-0.05, 0) is 0 Å². The van der Waals surface area contributed by atoms with Gasteiger partial charge in [-0.25, -0.2) is 8.78 Å². The van der Waals surface area contributed by atoms with E-state index < -0.39 is 17.6 Å². The Morgan fingerprint density at radius 2 is 2.07 bits per heavy atom. The second-order valence-corrected chi connectivity index (χ2v) is 3.10. The Hall–Kier alpha value is -1.76. The van der Waals surface area contributed by atoms with Crippen molar-refractivity contribution in [2.45, 2.75) is 11.8 Å². The highest BCUT2D eigenvalue weighted by molar-refractivity contribution is 6.09. The topological polar surface area (TPSA) is 40.9 Å². The number of ketones is 1. The Morgan fingerprint density at radius 3 is 2.64 bits per heavy atom. The summed E-state index contributed by atoms with van der Waals surface area (Å²) in [5.74, 6) is -1.08. The van der Waals surface area contributed by atoms with Crippen LogP contribution in [-0.4, -0.2) is 11.5 Å². The van der Waals surface area contributed by atoms with E-state index in [1.54, 1.807) is 0 Å². The largest absolute Gasteiger partial charge is 0.292 e. The zero-order valence-corrected chi connectivity index (χ0v) is 7.00. The maximum absolute atomic E-state index is 13.5. The average Bonchev–Trinajstić information content (AvgIpc) is 2.43. The van der Waals surface area contributed by atoms with Gasteiger partial charge in [-0.15, -0.1) is 0 Å². The first kappa shape index (κ1) is 8.82. The second kappa shape index (κ2) is 2.61. The van der Waals surface area contributed by atoms with E-state index >= 15 is 0 Å². The summed E-state index contributed by atoms with van der Waals surface area (Å²) in [4.78, 5) is 11.3. The van der Waals surface area contributed by atoms with Gasteiger partial charge in [-0.3, -0.25) is 4.79 Å². The highest BCUT2D eigenvalue weighted by Crippen LogP contribution is 2.43. The van der Waals surface area contributed by atoms with E-state index in [0.717, 1.165) is 6.07 Å². The molecule has 0 aromatic heterocycles. The lowest BCUT2D eigenvalue weighted by molar-refractivity contribution is 0.0654. The number of Topliss-reactive ketones (excluding diaryl/α,β-unsaturated/α-hetero) is 1. The molecule has 70 valence electrons.